The maximum atomic E-state index is 6.19. The van der Waals surface area contributed by atoms with Crippen molar-refractivity contribution in [2.24, 2.45) is 5.92 Å². The van der Waals surface area contributed by atoms with Gasteiger partial charge in [0.05, 0.1) is 25.4 Å². The molecule has 1 aliphatic heterocycles. The lowest BCUT2D eigenvalue weighted by atomic mass is 9.98. The third-order valence-corrected chi connectivity index (χ3v) is 5.44. The second-order valence-corrected chi connectivity index (χ2v) is 7.17. The van der Waals surface area contributed by atoms with E-state index in [-0.39, 0.29) is 12.1 Å². The van der Waals surface area contributed by atoms with Crippen molar-refractivity contribution in [2.75, 3.05) is 11.0 Å². The van der Waals surface area contributed by atoms with E-state index in [1.54, 1.807) is 0 Å². The fourth-order valence-electron chi connectivity index (χ4n) is 3.05. The van der Waals surface area contributed by atoms with Crippen molar-refractivity contribution in [1.82, 2.24) is 5.06 Å². The molecule has 2 aromatic rings. The van der Waals surface area contributed by atoms with Gasteiger partial charge in [-0.05, 0) is 11.1 Å². The molecule has 0 aromatic heterocycles. The minimum Gasteiger partial charge on any atom is -0.375 e. The zero-order chi connectivity index (χ0) is 16.8. The summed E-state index contributed by atoms with van der Waals surface area (Å²) in [5.41, 5.74) is 2.48. The van der Waals surface area contributed by atoms with Crippen LogP contribution in [0, 0.1) is 5.92 Å². The molecule has 1 saturated heterocycles. The molecular formula is C20H24INO2. The summed E-state index contributed by atoms with van der Waals surface area (Å²) in [5, 5.41) is 2.12. The third-order valence-electron chi connectivity index (χ3n) is 4.57. The largest absolute Gasteiger partial charge is 0.375 e. The Hall–Kier alpha value is -0.950. The van der Waals surface area contributed by atoms with E-state index >= 15 is 0 Å². The van der Waals surface area contributed by atoms with Gasteiger partial charge >= 0.3 is 0 Å². The van der Waals surface area contributed by atoms with Gasteiger partial charge in [-0.2, -0.15) is 5.06 Å². The van der Waals surface area contributed by atoms with Crippen LogP contribution in [0.1, 0.15) is 18.1 Å². The lowest BCUT2D eigenvalue weighted by Gasteiger charge is -2.24. The van der Waals surface area contributed by atoms with Crippen molar-refractivity contribution in [1.29, 1.82) is 0 Å². The minimum absolute atomic E-state index is 0.264. The fourth-order valence-corrected chi connectivity index (χ4v) is 4.01. The molecule has 0 saturated carbocycles. The van der Waals surface area contributed by atoms with E-state index in [1.165, 1.54) is 11.1 Å². The summed E-state index contributed by atoms with van der Waals surface area (Å²) in [6.07, 6.45) is 0.264. The highest BCUT2D eigenvalue weighted by Gasteiger charge is 2.39. The average molecular weight is 437 g/mol. The smallest absolute Gasteiger partial charge is 0.0924 e. The summed E-state index contributed by atoms with van der Waals surface area (Å²) in [5.74, 6) is 0.460. The molecule has 0 N–H and O–H groups in total. The first-order valence-corrected chi connectivity index (χ1v) is 9.95. The Morgan fingerprint density at radius 1 is 1.00 bits per heavy atom. The summed E-state index contributed by atoms with van der Waals surface area (Å²) < 4.78 is 7.01. The maximum absolute atomic E-state index is 6.19. The molecule has 0 aliphatic carbocycles. The summed E-state index contributed by atoms with van der Waals surface area (Å²) >= 11 is 2.41. The molecule has 4 heteroatoms. The standard InChI is InChI=1S/C20H24INO2/c1-16-19(15-23-14-18-10-6-3-7-11-18)22(24-20(16)12-21)13-17-8-4-2-5-9-17/h2-11,16,19-20H,12-15H2,1H3/t16-,19-,20+/m0/s1. The van der Waals surface area contributed by atoms with E-state index in [9.17, 15) is 0 Å². The number of benzene rings is 2. The van der Waals surface area contributed by atoms with Crippen LogP contribution in [0.4, 0.5) is 0 Å². The van der Waals surface area contributed by atoms with E-state index in [2.05, 4.69) is 71.0 Å². The van der Waals surface area contributed by atoms with Gasteiger partial charge in [0.25, 0.3) is 0 Å². The molecule has 0 bridgehead atoms. The van der Waals surface area contributed by atoms with E-state index < -0.39 is 0 Å². The van der Waals surface area contributed by atoms with Crippen LogP contribution in [0.5, 0.6) is 0 Å². The van der Waals surface area contributed by atoms with Crippen LogP contribution in [0.25, 0.3) is 0 Å². The van der Waals surface area contributed by atoms with E-state index in [0.29, 0.717) is 19.1 Å². The molecule has 0 amide bonds. The van der Waals surface area contributed by atoms with Gasteiger partial charge in [-0.3, -0.25) is 4.84 Å². The lowest BCUT2D eigenvalue weighted by Crippen LogP contribution is -2.35. The second-order valence-electron chi connectivity index (χ2n) is 6.29. The molecule has 0 spiro atoms. The molecule has 128 valence electrons. The molecule has 1 aliphatic rings. The van der Waals surface area contributed by atoms with Gasteiger partial charge in [-0.15, -0.1) is 0 Å². The fraction of sp³-hybridized carbons (Fsp3) is 0.400. The molecule has 0 unspecified atom stereocenters. The van der Waals surface area contributed by atoms with Crippen LogP contribution in [0.3, 0.4) is 0 Å². The van der Waals surface area contributed by atoms with Gasteiger partial charge in [-0.1, -0.05) is 90.2 Å². The van der Waals surface area contributed by atoms with Crippen LogP contribution in [-0.2, 0) is 22.7 Å². The van der Waals surface area contributed by atoms with E-state index in [0.717, 1.165) is 11.0 Å². The van der Waals surface area contributed by atoms with Crippen molar-refractivity contribution < 1.29 is 9.57 Å². The summed E-state index contributed by atoms with van der Waals surface area (Å²) in [6, 6.07) is 21.1. The summed E-state index contributed by atoms with van der Waals surface area (Å²) in [7, 11) is 0. The molecule has 1 fully saturated rings. The number of rotatable bonds is 7. The van der Waals surface area contributed by atoms with Gasteiger partial charge < -0.3 is 4.74 Å². The topological polar surface area (TPSA) is 21.7 Å². The van der Waals surface area contributed by atoms with Crippen molar-refractivity contribution in [3.8, 4) is 0 Å². The first kappa shape index (κ1) is 17.9. The number of nitrogens with zero attached hydrogens (tertiary/aromatic N) is 1. The van der Waals surface area contributed by atoms with Gasteiger partial charge in [0, 0.05) is 16.9 Å². The zero-order valence-electron chi connectivity index (χ0n) is 14.0. The first-order chi connectivity index (χ1) is 11.8. The normalized spacial score (nSPS) is 24.3. The number of hydrogen-bond donors (Lipinski definition) is 0. The predicted molar refractivity (Wildman–Crippen MR) is 105 cm³/mol. The Balaban J connectivity index is 1.61. The molecule has 0 radical (unpaired) electrons. The molecule has 3 atom stereocenters. The Kier molecular flexibility index (Phi) is 6.66. The van der Waals surface area contributed by atoms with Crippen molar-refractivity contribution in [3.05, 3.63) is 71.8 Å². The second kappa shape index (κ2) is 8.94. The molecular weight excluding hydrogens is 413 g/mol. The quantitative estimate of drug-likeness (QED) is 0.472. The number of hydroxylamine groups is 2. The van der Waals surface area contributed by atoms with E-state index in [1.807, 2.05) is 24.3 Å². The maximum Gasteiger partial charge on any atom is 0.0924 e. The van der Waals surface area contributed by atoms with Gasteiger partial charge in [0.2, 0.25) is 0 Å². The van der Waals surface area contributed by atoms with Crippen LogP contribution in [0.15, 0.2) is 60.7 Å². The van der Waals surface area contributed by atoms with Crippen LogP contribution in [0.2, 0.25) is 0 Å². The molecule has 24 heavy (non-hydrogen) atoms. The van der Waals surface area contributed by atoms with Crippen LogP contribution >= 0.6 is 22.6 Å². The van der Waals surface area contributed by atoms with Crippen molar-refractivity contribution in [3.63, 3.8) is 0 Å². The van der Waals surface area contributed by atoms with Crippen LogP contribution < -0.4 is 0 Å². The summed E-state index contributed by atoms with van der Waals surface area (Å²) in [4.78, 5) is 6.19. The summed E-state index contributed by atoms with van der Waals surface area (Å²) in [6.45, 7) is 4.41. The first-order valence-electron chi connectivity index (χ1n) is 8.43. The number of halogens is 1. The lowest BCUT2D eigenvalue weighted by molar-refractivity contribution is -0.171. The Bertz CT molecular complexity index is 608. The molecule has 3 rings (SSSR count). The van der Waals surface area contributed by atoms with Crippen molar-refractivity contribution in [2.45, 2.75) is 32.2 Å². The van der Waals surface area contributed by atoms with Gasteiger partial charge in [0.15, 0.2) is 0 Å². The Morgan fingerprint density at radius 3 is 2.25 bits per heavy atom. The monoisotopic (exact) mass is 437 g/mol. The average Bonchev–Trinajstić information content (AvgIpc) is 2.92. The SMILES string of the molecule is C[C@@H]1[C@@H](CI)ON(Cc2ccccc2)[C@H]1COCc1ccccc1. The highest BCUT2D eigenvalue weighted by molar-refractivity contribution is 14.1. The molecule has 3 nitrogen and oxygen atoms in total. The third kappa shape index (κ3) is 4.57. The van der Waals surface area contributed by atoms with Crippen molar-refractivity contribution >= 4 is 22.6 Å². The van der Waals surface area contributed by atoms with Gasteiger partial charge in [-0.25, -0.2) is 0 Å². The molecule has 1 heterocycles. The van der Waals surface area contributed by atoms with E-state index in [4.69, 9.17) is 9.57 Å². The Morgan fingerprint density at radius 2 is 1.62 bits per heavy atom. The zero-order valence-corrected chi connectivity index (χ0v) is 16.1. The number of ether oxygens (including phenoxy) is 1. The van der Waals surface area contributed by atoms with Crippen LogP contribution in [-0.4, -0.2) is 28.2 Å². The molecule has 2 aromatic carbocycles. The minimum atomic E-state index is 0.264. The highest BCUT2D eigenvalue weighted by atomic mass is 127. The Labute approximate surface area is 158 Å². The van der Waals surface area contributed by atoms with Gasteiger partial charge in [0.1, 0.15) is 0 Å². The highest BCUT2D eigenvalue weighted by Crippen LogP contribution is 2.30. The number of alkyl halides is 1. The number of hydrogen-bond acceptors (Lipinski definition) is 3. The predicted octanol–water partition coefficient (Wildman–Crippen LogP) is 4.46.